The van der Waals surface area contributed by atoms with Gasteiger partial charge in [0.05, 0.1) is 0 Å². The van der Waals surface area contributed by atoms with Crippen LogP contribution in [-0.2, 0) is 0 Å². The molecule has 2 nitrogen and oxygen atoms in total. The predicted octanol–water partition coefficient (Wildman–Crippen LogP) is 2.02. The van der Waals surface area contributed by atoms with Gasteiger partial charge in [0.1, 0.15) is 0 Å². The number of nitrogens with one attached hydrogen (secondary N) is 1. The highest BCUT2D eigenvalue weighted by atomic mass is 15.3. The molecule has 0 amide bonds. The molecule has 0 rings (SSSR count). The van der Waals surface area contributed by atoms with Crippen molar-refractivity contribution in [3.05, 3.63) is 0 Å². The Kier molecular flexibility index (Phi) is 4.08. The molecule has 0 heterocycles. The molecule has 0 aliphatic rings. The lowest BCUT2D eigenvalue weighted by Crippen LogP contribution is -2.26. The second-order valence-corrected chi connectivity index (χ2v) is 3.22. The molecule has 0 aliphatic heterocycles. The van der Waals surface area contributed by atoms with Gasteiger partial charge in [-0.3, -0.25) is 0 Å². The Morgan fingerprint density at radius 3 is 2.00 bits per heavy atom. The van der Waals surface area contributed by atoms with Crippen molar-refractivity contribution < 1.29 is 0 Å². The van der Waals surface area contributed by atoms with E-state index in [4.69, 9.17) is 0 Å². The van der Waals surface area contributed by atoms with E-state index in [9.17, 15) is 0 Å². The van der Waals surface area contributed by atoms with Crippen LogP contribution in [0, 0.1) is 5.92 Å². The SMILES string of the molecule is CC(C)=NNC(C)C(C)C. The summed E-state index contributed by atoms with van der Waals surface area (Å²) in [5, 5.41) is 4.11. The molecule has 1 atom stereocenters. The standard InChI is InChI=1S/C8H18N2/c1-6(2)8(5)10-9-7(3)4/h6,8,10H,1-5H3. The minimum absolute atomic E-state index is 0.467. The van der Waals surface area contributed by atoms with Gasteiger partial charge in [-0.15, -0.1) is 0 Å². The summed E-state index contributed by atoms with van der Waals surface area (Å²) >= 11 is 0. The Hall–Kier alpha value is -0.530. The van der Waals surface area contributed by atoms with Crippen molar-refractivity contribution in [2.24, 2.45) is 11.0 Å². The third kappa shape index (κ3) is 4.36. The highest BCUT2D eigenvalue weighted by Crippen LogP contribution is 1.98. The van der Waals surface area contributed by atoms with Crippen LogP contribution in [0.4, 0.5) is 0 Å². The van der Waals surface area contributed by atoms with E-state index in [2.05, 4.69) is 31.3 Å². The molecule has 0 aromatic rings. The highest BCUT2D eigenvalue weighted by Gasteiger charge is 2.03. The zero-order valence-corrected chi connectivity index (χ0v) is 7.60. The number of hydrogen-bond acceptors (Lipinski definition) is 2. The average Bonchev–Trinajstić information content (AvgIpc) is 1.82. The fourth-order valence-electron chi connectivity index (χ4n) is 0.380. The number of hydrogen-bond donors (Lipinski definition) is 1. The summed E-state index contributed by atoms with van der Waals surface area (Å²) < 4.78 is 0. The van der Waals surface area contributed by atoms with E-state index in [0.717, 1.165) is 5.71 Å². The van der Waals surface area contributed by atoms with E-state index in [1.807, 2.05) is 13.8 Å². The van der Waals surface area contributed by atoms with Crippen LogP contribution in [0.2, 0.25) is 0 Å². The van der Waals surface area contributed by atoms with Gasteiger partial charge >= 0.3 is 0 Å². The Morgan fingerprint density at radius 1 is 1.20 bits per heavy atom. The first-order valence-corrected chi connectivity index (χ1v) is 3.80. The zero-order chi connectivity index (χ0) is 8.15. The van der Waals surface area contributed by atoms with Crippen LogP contribution in [0.5, 0.6) is 0 Å². The maximum Gasteiger partial charge on any atom is 0.0434 e. The monoisotopic (exact) mass is 142 g/mol. The van der Waals surface area contributed by atoms with Crippen LogP contribution in [0.15, 0.2) is 5.10 Å². The first-order chi connectivity index (χ1) is 4.54. The molecule has 0 fully saturated rings. The van der Waals surface area contributed by atoms with E-state index >= 15 is 0 Å². The van der Waals surface area contributed by atoms with Gasteiger partial charge in [-0.2, -0.15) is 5.10 Å². The lowest BCUT2D eigenvalue weighted by atomic mass is 10.1. The molecule has 60 valence electrons. The maximum absolute atomic E-state index is 4.11. The van der Waals surface area contributed by atoms with Gasteiger partial charge in [-0.05, 0) is 26.7 Å². The number of nitrogens with zero attached hydrogens (tertiary/aromatic N) is 1. The molecule has 0 aromatic heterocycles. The maximum atomic E-state index is 4.11. The van der Waals surface area contributed by atoms with Gasteiger partial charge in [-0.25, -0.2) is 0 Å². The Bertz CT molecular complexity index is 112. The van der Waals surface area contributed by atoms with E-state index in [0.29, 0.717) is 12.0 Å². The molecule has 1 unspecified atom stereocenters. The first kappa shape index (κ1) is 9.47. The minimum atomic E-state index is 0.467. The smallest absolute Gasteiger partial charge is 0.0434 e. The lowest BCUT2D eigenvalue weighted by Gasteiger charge is -2.14. The van der Waals surface area contributed by atoms with Crippen molar-refractivity contribution in [2.75, 3.05) is 0 Å². The minimum Gasteiger partial charge on any atom is -0.307 e. The van der Waals surface area contributed by atoms with Crippen molar-refractivity contribution in [3.8, 4) is 0 Å². The molecule has 10 heavy (non-hydrogen) atoms. The molecular formula is C8H18N2. The summed E-state index contributed by atoms with van der Waals surface area (Å²) in [4.78, 5) is 0. The summed E-state index contributed by atoms with van der Waals surface area (Å²) in [6.45, 7) is 10.5. The molecule has 1 N–H and O–H groups in total. The fraction of sp³-hybridized carbons (Fsp3) is 0.875. The van der Waals surface area contributed by atoms with E-state index in [-0.39, 0.29) is 0 Å². The third-order valence-corrected chi connectivity index (χ3v) is 1.49. The number of hydrazone groups is 1. The zero-order valence-electron chi connectivity index (χ0n) is 7.60. The van der Waals surface area contributed by atoms with Crippen LogP contribution in [0.3, 0.4) is 0 Å². The van der Waals surface area contributed by atoms with Crippen molar-refractivity contribution in [2.45, 2.75) is 40.7 Å². The summed E-state index contributed by atoms with van der Waals surface area (Å²) in [5.74, 6) is 0.642. The van der Waals surface area contributed by atoms with Crippen LogP contribution in [-0.4, -0.2) is 11.8 Å². The normalized spacial score (nSPS) is 13.0. The van der Waals surface area contributed by atoms with Crippen LogP contribution >= 0.6 is 0 Å². The van der Waals surface area contributed by atoms with Crippen molar-refractivity contribution >= 4 is 5.71 Å². The van der Waals surface area contributed by atoms with Crippen molar-refractivity contribution in [1.82, 2.24) is 5.43 Å². The van der Waals surface area contributed by atoms with Gasteiger partial charge in [0.15, 0.2) is 0 Å². The van der Waals surface area contributed by atoms with Gasteiger partial charge < -0.3 is 5.43 Å². The molecule has 0 bridgehead atoms. The van der Waals surface area contributed by atoms with Crippen LogP contribution < -0.4 is 5.43 Å². The average molecular weight is 142 g/mol. The Morgan fingerprint density at radius 2 is 1.70 bits per heavy atom. The molecule has 0 saturated carbocycles. The van der Waals surface area contributed by atoms with E-state index < -0.39 is 0 Å². The van der Waals surface area contributed by atoms with E-state index in [1.54, 1.807) is 0 Å². The Labute approximate surface area is 63.7 Å². The quantitative estimate of drug-likeness (QED) is 0.473. The van der Waals surface area contributed by atoms with Gasteiger partial charge in [-0.1, -0.05) is 13.8 Å². The van der Waals surface area contributed by atoms with Crippen LogP contribution in [0.25, 0.3) is 0 Å². The molecule has 0 aromatic carbocycles. The molecular weight excluding hydrogens is 124 g/mol. The molecule has 0 saturated heterocycles. The largest absolute Gasteiger partial charge is 0.307 e. The third-order valence-electron chi connectivity index (χ3n) is 1.49. The topological polar surface area (TPSA) is 24.4 Å². The Balaban J connectivity index is 3.59. The predicted molar refractivity (Wildman–Crippen MR) is 46.2 cm³/mol. The van der Waals surface area contributed by atoms with Crippen molar-refractivity contribution in [1.29, 1.82) is 0 Å². The second kappa shape index (κ2) is 4.31. The summed E-state index contributed by atoms with van der Waals surface area (Å²) in [6, 6.07) is 0.467. The first-order valence-electron chi connectivity index (χ1n) is 3.80. The van der Waals surface area contributed by atoms with Crippen LogP contribution in [0.1, 0.15) is 34.6 Å². The van der Waals surface area contributed by atoms with Crippen molar-refractivity contribution in [3.63, 3.8) is 0 Å². The summed E-state index contributed by atoms with van der Waals surface area (Å²) in [6.07, 6.45) is 0. The summed E-state index contributed by atoms with van der Waals surface area (Å²) in [7, 11) is 0. The molecule has 0 aliphatic carbocycles. The second-order valence-electron chi connectivity index (χ2n) is 3.22. The van der Waals surface area contributed by atoms with Gasteiger partial charge in [0.2, 0.25) is 0 Å². The molecule has 0 radical (unpaired) electrons. The lowest BCUT2D eigenvalue weighted by molar-refractivity contribution is 0.438. The molecule has 2 heteroatoms. The molecule has 0 spiro atoms. The summed E-state index contributed by atoms with van der Waals surface area (Å²) in [5.41, 5.74) is 4.15. The van der Waals surface area contributed by atoms with Gasteiger partial charge in [0, 0.05) is 11.8 Å². The van der Waals surface area contributed by atoms with Gasteiger partial charge in [0.25, 0.3) is 0 Å². The number of rotatable bonds is 3. The highest BCUT2D eigenvalue weighted by molar-refractivity contribution is 5.78. The van der Waals surface area contributed by atoms with E-state index in [1.165, 1.54) is 0 Å². The fourth-order valence-corrected chi connectivity index (χ4v) is 0.380.